The quantitative estimate of drug-likeness (QED) is 0.504. The summed E-state index contributed by atoms with van der Waals surface area (Å²) in [6.07, 6.45) is 9.63. The molecule has 2 aliphatic rings. The van der Waals surface area contributed by atoms with Gasteiger partial charge in [-0.2, -0.15) is 5.10 Å². The number of rotatable bonds is 7. The molecule has 0 radical (unpaired) electrons. The molecule has 1 fully saturated rings. The Morgan fingerprint density at radius 2 is 1.97 bits per heavy atom. The van der Waals surface area contributed by atoms with Crippen LogP contribution in [0.15, 0.2) is 60.9 Å². The first-order chi connectivity index (χ1) is 16.5. The predicted octanol–water partition coefficient (Wildman–Crippen LogP) is 3.86. The number of pyridine rings is 1. The van der Waals surface area contributed by atoms with Gasteiger partial charge in [-0.25, -0.2) is 0 Å². The molecular formula is C27H31N5O2. The maximum absolute atomic E-state index is 13.3. The van der Waals surface area contributed by atoms with Crippen molar-refractivity contribution in [2.75, 3.05) is 27.7 Å². The average Bonchev–Trinajstić information content (AvgIpc) is 3.63. The summed E-state index contributed by atoms with van der Waals surface area (Å²) in [6, 6.07) is 12.2. The van der Waals surface area contributed by atoms with E-state index >= 15 is 0 Å². The summed E-state index contributed by atoms with van der Waals surface area (Å²) in [5, 5.41) is 5.09. The number of fused-ring (bicyclic) bond motifs is 1. The molecule has 1 saturated carbocycles. The minimum atomic E-state index is 0.0785. The minimum Gasteiger partial charge on any atom is -0.497 e. The van der Waals surface area contributed by atoms with Crippen LogP contribution in [0.5, 0.6) is 5.75 Å². The molecule has 176 valence electrons. The molecule has 3 aromatic rings. The second-order valence-corrected chi connectivity index (χ2v) is 9.36. The smallest absolute Gasteiger partial charge is 0.246 e. The van der Waals surface area contributed by atoms with Gasteiger partial charge in [0.05, 0.1) is 31.9 Å². The molecule has 1 aliphatic heterocycles. The van der Waals surface area contributed by atoms with Crippen molar-refractivity contribution in [1.29, 1.82) is 0 Å². The van der Waals surface area contributed by atoms with Crippen molar-refractivity contribution in [1.82, 2.24) is 24.6 Å². The number of aromatic nitrogens is 3. The number of carbonyl (C=O) groups is 1. The molecule has 5 rings (SSSR count). The number of hydrogen-bond donors (Lipinski definition) is 0. The van der Waals surface area contributed by atoms with E-state index in [-0.39, 0.29) is 11.9 Å². The van der Waals surface area contributed by atoms with Crippen molar-refractivity contribution in [2.24, 2.45) is 5.92 Å². The molecule has 1 amide bonds. The van der Waals surface area contributed by atoms with Crippen molar-refractivity contribution < 1.29 is 9.53 Å². The van der Waals surface area contributed by atoms with Crippen molar-refractivity contribution in [3.63, 3.8) is 0 Å². The monoisotopic (exact) mass is 457 g/mol. The van der Waals surface area contributed by atoms with Gasteiger partial charge in [0.1, 0.15) is 11.4 Å². The van der Waals surface area contributed by atoms with E-state index < -0.39 is 0 Å². The van der Waals surface area contributed by atoms with Gasteiger partial charge in [0.25, 0.3) is 0 Å². The Morgan fingerprint density at radius 3 is 2.68 bits per heavy atom. The zero-order valence-electron chi connectivity index (χ0n) is 20.0. The van der Waals surface area contributed by atoms with E-state index in [0.717, 1.165) is 46.9 Å². The fourth-order valence-corrected chi connectivity index (χ4v) is 4.74. The van der Waals surface area contributed by atoms with Gasteiger partial charge in [0, 0.05) is 36.1 Å². The molecule has 1 aliphatic carbocycles. The lowest BCUT2D eigenvalue weighted by Crippen LogP contribution is -2.47. The highest BCUT2D eigenvalue weighted by Crippen LogP contribution is 2.42. The molecule has 0 bridgehead atoms. The van der Waals surface area contributed by atoms with E-state index in [0.29, 0.717) is 12.5 Å². The first kappa shape index (κ1) is 22.3. The largest absolute Gasteiger partial charge is 0.497 e. The molecule has 0 unspecified atom stereocenters. The van der Waals surface area contributed by atoms with Crippen LogP contribution < -0.4 is 4.74 Å². The Morgan fingerprint density at radius 1 is 1.18 bits per heavy atom. The summed E-state index contributed by atoms with van der Waals surface area (Å²) < 4.78 is 7.60. The van der Waals surface area contributed by atoms with Gasteiger partial charge < -0.3 is 14.5 Å². The van der Waals surface area contributed by atoms with Gasteiger partial charge in [-0.3, -0.25) is 14.5 Å². The highest BCUT2D eigenvalue weighted by Gasteiger charge is 2.41. The van der Waals surface area contributed by atoms with E-state index in [4.69, 9.17) is 9.84 Å². The van der Waals surface area contributed by atoms with Gasteiger partial charge in [-0.1, -0.05) is 18.2 Å². The average molecular weight is 458 g/mol. The van der Waals surface area contributed by atoms with Crippen LogP contribution in [-0.2, 0) is 17.9 Å². The van der Waals surface area contributed by atoms with Crippen molar-refractivity contribution in [2.45, 2.75) is 32.0 Å². The maximum Gasteiger partial charge on any atom is 0.246 e. The van der Waals surface area contributed by atoms with E-state index in [2.05, 4.69) is 25.5 Å². The van der Waals surface area contributed by atoms with E-state index in [1.807, 2.05) is 50.5 Å². The molecule has 3 heterocycles. The zero-order chi connectivity index (χ0) is 23.7. The molecular weight excluding hydrogens is 426 g/mol. The second kappa shape index (κ2) is 9.43. The standard InChI is InChI=1S/C27H31N5O2/c1-30(2)15-5-8-25(33)31-17-24-26(20-11-13-28-14-12-20)27(21-6-4-7-22(16-21)34-3)29-32(24)18-23(31)19-9-10-19/h4-8,11-14,16,19,23H,9-10,15,17-18H2,1-3H3/b8-5+/t23-/m1/s1. The van der Waals surface area contributed by atoms with Crippen molar-refractivity contribution in [3.05, 3.63) is 66.6 Å². The summed E-state index contributed by atoms with van der Waals surface area (Å²) in [7, 11) is 5.68. The predicted molar refractivity (Wildman–Crippen MR) is 132 cm³/mol. The first-order valence-electron chi connectivity index (χ1n) is 11.8. The topological polar surface area (TPSA) is 63.5 Å². The summed E-state index contributed by atoms with van der Waals surface area (Å²) in [5.41, 5.74) is 5.08. The number of amides is 1. The fraction of sp³-hybridized carbons (Fsp3) is 0.370. The van der Waals surface area contributed by atoms with Crippen molar-refractivity contribution >= 4 is 5.91 Å². The molecule has 0 spiro atoms. The van der Waals surface area contributed by atoms with Gasteiger partial charge >= 0.3 is 0 Å². The highest BCUT2D eigenvalue weighted by atomic mass is 16.5. The van der Waals surface area contributed by atoms with E-state index in [1.165, 1.54) is 12.8 Å². The van der Waals surface area contributed by atoms with Crippen LogP contribution in [0.3, 0.4) is 0 Å². The van der Waals surface area contributed by atoms with Gasteiger partial charge in [0.15, 0.2) is 0 Å². The normalized spacial score (nSPS) is 17.9. The van der Waals surface area contributed by atoms with Crippen molar-refractivity contribution in [3.8, 4) is 28.1 Å². The van der Waals surface area contributed by atoms with E-state index in [1.54, 1.807) is 25.6 Å². The summed E-state index contributed by atoms with van der Waals surface area (Å²) >= 11 is 0. The van der Waals surface area contributed by atoms with Crippen LogP contribution in [-0.4, -0.2) is 64.3 Å². The number of ether oxygens (including phenoxy) is 1. The fourth-order valence-electron chi connectivity index (χ4n) is 4.74. The number of benzene rings is 1. The van der Waals surface area contributed by atoms with Crippen LogP contribution in [0.25, 0.3) is 22.4 Å². The number of carbonyl (C=O) groups excluding carboxylic acids is 1. The Bertz CT molecular complexity index is 1200. The van der Waals surface area contributed by atoms with Gasteiger partial charge in [-0.15, -0.1) is 0 Å². The minimum absolute atomic E-state index is 0.0785. The third kappa shape index (κ3) is 4.48. The molecule has 34 heavy (non-hydrogen) atoms. The van der Waals surface area contributed by atoms with Gasteiger partial charge in [0.2, 0.25) is 5.91 Å². The molecule has 1 atom stereocenters. The third-order valence-electron chi connectivity index (χ3n) is 6.63. The highest BCUT2D eigenvalue weighted by molar-refractivity contribution is 5.89. The lowest BCUT2D eigenvalue weighted by atomic mass is 9.97. The van der Waals surface area contributed by atoms with Crippen LogP contribution in [0, 0.1) is 5.92 Å². The zero-order valence-corrected chi connectivity index (χ0v) is 20.0. The van der Waals surface area contributed by atoms with Crippen LogP contribution in [0.4, 0.5) is 0 Å². The third-order valence-corrected chi connectivity index (χ3v) is 6.63. The number of nitrogens with zero attached hydrogens (tertiary/aromatic N) is 5. The van der Waals surface area contributed by atoms with Crippen LogP contribution in [0.1, 0.15) is 18.5 Å². The maximum atomic E-state index is 13.3. The van der Waals surface area contributed by atoms with E-state index in [9.17, 15) is 4.79 Å². The summed E-state index contributed by atoms with van der Waals surface area (Å²) in [4.78, 5) is 21.6. The summed E-state index contributed by atoms with van der Waals surface area (Å²) in [6.45, 7) is 2.00. The molecule has 0 N–H and O–H groups in total. The SMILES string of the molecule is COc1cccc(-c2nn3c(c2-c2ccncc2)CN(C(=O)/C=C/CN(C)C)[C@@H](C2CC2)C3)c1. The molecule has 2 aromatic heterocycles. The lowest BCUT2D eigenvalue weighted by molar-refractivity contribution is -0.130. The lowest BCUT2D eigenvalue weighted by Gasteiger charge is -2.36. The Balaban J connectivity index is 1.58. The molecule has 1 aromatic carbocycles. The number of methoxy groups -OCH3 is 1. The summed E-state index contributed by atoms with van der Waals surface area (Å²) in [5.74, 6) is 1.42. The molecule has 7 heteroatoms. The van der Waals surface area contributed by atoms with Crippen LogP contribution >= 0.6 is 0 Å². The Kier molecular flexibility index (Phi) is 6.20. The second-order valence-electron chi connectivity index (χ2n) is 9.36. The molecule has 7 nitrogen and oxygen atoms in total. The Hall–Kier alpha value is -3.45. The Labute approximate surface area is 200 Å². The van der Waals surface area contributed by atoms with Crippen LogP contribution in [0.2, 0.25) is 0 Å². The first-order valence-corrected chi connectivity index (χ1v) is 11.8. The number of hydrogen-bond acceptors (Lipinski definition) is 5. The van der Waals surface area contributed by atoms with Gasteiger partial charge in [-0.05, 0) is 62.7 Å². The molecule has 0 saturated heterocycles. The number of likely N-dealkylation sites (N-methyl/N-ethyl adjacent to an activating group) is 1.